The quantitative estimate of drug-likeness (QED) is 0.756. The Morgan fingerprint density at radius 1 is 1.00 bits per heavy atom. The molecule has 1 aliphatic carbocycles. The van der Waals surface area contributed by atoms with Gasteiger partial charge in [0.25, 0.3) is 0 Å². The number of nitrogens with one attached hydrogen (secondary N) is 2. The third-order valence-electron chi connectivity index (χ3n) is 4.53. The number of nitrogens with zero attached hydrogens (tertiary/aromatic N) is 1. The highest BCUT2D eigenvalue weighted by Crippen LogP contribution is 2.39. The number of benzene rings is 2. The van der Waals surface area contributed by atoms with E-state index in [0.717, 1.165) is 12.8 Å². The summed E-state index contributed by atoms with van der Waals surface area (Å²) in [6.45, 7) is 0.619. The molecule has 0 aliphatic heterocycles. The van der Waals surface area contributed by atoms with E-state index in [-0.39, 0.29) is 23.7 Å². The van der Waals surface area contributed by atoms with E-state index in [0.29, 0.717) is 24.2 Å². The number of hydrogen-bond acceptors (Lipinski definition) is 3. The van der Waals surface area contributed by atoms with Crippen molar-refractivity contribution < 1.29 is 9.59 Å². The molecule has 5 nitrogen and oxygen atoms in total. The van der Waals surface area contributed by atoms with Crippen LogP contribution in [0.5, 0.6) is 0 Å². The Bertz CT molecular complexity index is 809. The van der Waals surface area contributed by atoms with Crippen molar-refractivity contribution in [3.8, 4) is 6.07 Å². The first-order valence-corrected chi connectivity index (χ1v) is 8.80. The molecule has 132 valence electrons. The van der Waals surface area contributed by atoms with Crippen molar-refractivity contribution in [3.05, 3.63) is 65.7 Å². The topological polar surface area (TPSA) is 82.0 Å². The van der Waals surface area contributed by atoms with Crippen LogP contribution in [0.25, 0.3) is 0 Å². The Kier molecular flexibility index (Phi) is 5.65. The van der Waals surface area contributed by atoms with Crippen LogP contribution in [0, 0.1) is 23.2 Å². The molecular weight excluding hydrogens is 326 g/mol. The van der Waals surface area contributed by atoms with Gasteiger partial charge < -0.3 is 10.6 Å². The summed E-state index contributed by atoms with van der Waals surface area (Å²) in [7, 11) is 0. The largest absolute Gasteiger partial charge is 0.356 e. The Morgan fingerprint density at radius 3 is 2.38 bits per heavy atom. The van der Waals surface area contributed by atoms with Crippen molar-refractivity contribution in [2.45, 2.75) is 19.3 Å². The van der Waals surface area contributed by atoms with Gasteiger partial charge in [-0.25, -0.2) is 0 Å². The van der Waals surface area contributed by atoms with Gasteiger partial charge in [0.15, 0.2) is 0 Å². The first-order chi connectivity index (χ1) is 12.7. The van der Waals surface area contributed by atoms with E-state index in [2.05, 4.69) is 22.8 Å². The summed E-state index contributed by atoms with van der Waals surface area (Å²) in [5.41, 5.74) is 2.44. The minimum atomic E-state index is -0.264. The zero-order valence-corrected chi connectivity index (χ0v) is 14.4. The molecule has 0 bridgehead atoms. The van der Waals surface area contributed by atoms with Crippen LogP contribution < -0.4 is 10.6 Å². The molecule has 0 spiro atoms. The minimum absolute atomic E-state index is 0.0435. The maximum Gasteiger partial charge on any atom is 0.228 e. The summed E-state index contributed by atoms with van der Waals surface area (Å²) >= 11 is 0. The molecule has 2 aromatic rings. The van der Waals surface area contributed by atoms with Crippen molar-refractivity contribution in [1.82, 2.24) is 5.32 Å². The molecule has 2 atom stereocenters. The number of nitriles is 1. The lowest BCUT2D eigenvalue weighted by molar-refractivity contribution is -0.125. The fourth-order valence-corrected chi connectivity index (χ4v) is 2.92. The molecule has 0 heterocycles. The maximum absolute atomic E-state index is 12.2. The number of carbonyl (C=O) groups excluding carboxylic acids is 2. The molecule has 1 aliphatic rings. The van der Waals surface area contributed by atoms with Gasteiger partial charge >= 0.3 is 0 Å². The Morgan fingerprint density at radius 2 is 1.69 bits per heavy atom. The molecule has 2 unspecified atom stereocenters. The van der Waals surface area contributed by atoms with Gasteiger partial charge in [-0.1, -0.05) is 30.3 Å². The Labute approximate surface area is 153 Å². The third-order valence-corrected chi connectivity index (χ3v) is 4.53. The molecule has 0 saturated heterocycles. The molecule has 2 N–H and O–H groups in total. The van der Waals surface area contributed by atoms with E-state index in [9.17, 15) is 9.59 Å². The molecule has 1 fully saturated rings. The van der Waals surface area contributed by atoms with Crippen molar-refractivity contribution in [2.24, 2.45) is 11.8 Å². The minimum Gasteiger partial charge on any atom is -0.356 e. The van der Waals surface area contributed by atoms with Crippen molar-refractivity contribution in [3.63, 3.8) is 0 Å². The third kappa shape index (κ3) is 4.70. The number of carbonyl (C=O) groups is 2. The predicted octanol–water partition coefficient (Wildman–Crippen LogP) is 2.88. The first-order valence-electron chi connectivity index (χ1n) is 8.80. The number of aryl methyl sites for hydroxylation is 1. The maximum atomic E-state index is 12.2. The Hall–Kier alpha value is -3.13. The standard InChI is InChI=1S/C21H21N3O2/c22-14-16-8-10-17(11-9-16)24-21(26)19-13-18(19)20(25)23-12-4-7-15-5-2-1-3-6-15/h1-3,5-6,8-11,18-19H,4,7,12-13H2,(H,23,25)(H,24,26). The molecule has 2 aromatic carbocycles. The van der Waals surface area contributed by atoms with Gasteiger partial charge in [0.1, 0.15) is 0 Å². The van der Waals surface area contributed by atoms with E-state index in [4.69, 9.17) is 5.26 Å². The molecule has 1 saturated carbocycles. The molecule has 0 radical (unpaired) electrons. The van der Waals surface area contributed by atoms with Crippen LogP contribution in [0.15, 0.2) is 54.6 Å². The monoisotopic (exact) mass is 347 g/mol. The highest BCUT2D eigenvalue weighted by atomic mass is 16.2. The fourth-order valence-electron chi connectivity index (χ4n) is 2.92. The molecular formula is C21H21N3O2. The summed E-state index contributed by atoms with van der Waals surface area (Å²) in [6, 6.07) is 18.9. The zero-order valence-electron chi connectivity index (χ0n) is 14.4. The van der Waals surface area contributed by atoms with Crippen LogP contribution in [-0.4, -0.2) is 18.4 Å². The van der Waals surface area contributed by atoms with Crippen LogP contribution in [0.2, 0.25) is 0 Å². The average molecular weight is 347 g/mol. The van der Waals surface area contributed by atoms with Crippen LogP contribution in [0.3, 0.4) is 0 Å². The molecule has 0 aromatic heterocycles. The van der Waals surface area contributed by atoms with E-state index < -0.39 is 0 Å². The second-order valence-corrected chi connectivity index (χ2v) is 6.51. The number of amides is 2. The number of rotatable bonds is 7. The van der Waals surface area contributed by atoms with Crippen molar-refractivity contribution in [1.29, 1.82) is 5.26 Å². The highest BCUT2D eigenvalue weighted by molar-refractivity contribution is 5.99. The average Bonchev–Trinajstić information content (AvgIpc) is 3.48. The van der Waals surface area contributed by atoms with Gasteiger partial charge in [-0.15, -0.1) is 0 Å². The molecule has 26 heavy (non-hydrogen) atoms. The smallest absolute Gasteiger partial charge is 0.228 e. The van der Waals surface area contributed by atoms with E-state index >= 15 is 0 Å². The SMILES string of the molecule is N#Cc1ccc(NC(=O)C2CC2C(=O)NCCCc2ccccc2)cc1. The summed E-state index contributed by atoms with van der Waals surface area (Å²) < 4.78 is 0. The second-order valence-electron chi connectivity index (χ2n) is 6.51. The Balaban J connectivity index is 1.37. The van der Waals surface area contributed by atoms with Gasteiger partial charge in [0.2, 0.25) is 11.8 Å². The lowest BCUT2D eigenvalue weighted by Crippen LogP contribution is -2.28. The van der Waals surface area contributed by atoms with Crippen LogP contribution in [0.1, 0.15) is 24.0 Å². The summed E-state index contributed by atoms with van der Waals surface area (Å²) in [6.07, 6.45) is 2.39. The fraction of sp³-hybridized carbons (Fsp3) is 0.286. The normalized spacial score (nSPS) is 17.8. The van der Waals surface area contributed by atoms with Gasteiger partial charge in [-0.2, -0.15) is 5.26 Å². The zero-order chi connectivity index (χ0) is 18.4. The van der Waals surface area contributed by atoms with Crippen LogP contribution in [0.4, 0.5) is 5.69 Å². The van der Waals surface area contributed by atoms with E-state index in [1.54, 1.807) is 24.3 Å². The highest BCUT2D eigenvalue weighted by Gasteiger charge is 2.47. The van der Waals surface area contributed by atoms with Crippen LogP contribution >= 0.6 is 0 Å². The lowest BCUT2D eigenvalue weighted by Gasteiger charge is -2.06. The first kappa shape index (κ1) is 17.7. The summed E-state index contributed by atoms with van der Waals surface area (Å²) in [5, 5.41) is 14.5. The molecule has 2 amide bonds. The lowest BCUT2D eigenvalue weighted by atomic mass is 10.1. The summed E-state index contributed by atoms with van der Waals surface area (Å²) in [5.74, 6) is -0.679. The van der Waals surface area contributed by atoms with E-state index in [1.807, 2.05) is 24.3 Å². The van der Waals surface area contributed by atoms with Gasteiger partial charge in [0.05, 0.1) is 23.5 Å². The summed E-state index contributed by atoms with van der Waals surface area (Å²) in [4.78, 5) is 24.3. The van der Waals surface area contributed by atoms with Crippen molar-refractivity contribution >= 4 is 17.5 Å². The number of hydrogen-bond donors (Lipinski definition) is 2. The predicted molar refractivity (Wildman–Crippen MR) is 99.2 cm³/mol. The van der Waals surface area contributed by atoms with Gasteiger partial charge in [-0.3, -0.25) is 9.59 Å². The number of anilines is 1. The van der Waals surface area contributed by atoms with Gasteiger partial charge in [0, 0.05) is 12.2 Å². The van der Waals surface area contributed by atoms with E-state index in [1.165, 1.54) is 5.56 Å². The molecule has 5 heteroatoms. The second kappa shape index (κ2) is 8.30. The van der Waals surface area contributed by atoms with Gasteiger partial charge in [-0.05, 0) is 49.1 Å². The van der Waals surface area contributed by atoms with Crippen LogP contribution in [-0.2, 0) is 16.0 Å². The van der Waals surface area contributed by atoms with Crippen molar-refractivity contribution in [2.75, 3.05) is 11.9 Å². The molecule has 3 rings (SSSR count).